The Morgan fingerprint density at radius 1 is 1.32 bits per heavy atom. The Morgan fingerprint density at radius 3 is 2.92 bits per heavy atom. The Morgan fingerprint density at radius 2 is 2.16 bits per heavy atom. The summed E-state index contributed by atoms with van der Waals surface area (Å²) < 4.78 is 7.90. The van der Waals surface area contributed by atoms with Crippen LogP contribution in [0.5, 0.6) is 5.75 Å². The molecule has 5 heteroatoms. The second kappa shape index (κ2) is 8.28. The van der Waals surface area contributed by atoms with Gasteiger partial charge >= 0.3 is 0 Å². The SMILES string of the molecule is CCCCOc1ccc(Br)cc1/C=C(\C#N)c1nc2ccccc2s1. The maximum absolute atomic E-state index is 9.64. The number of allylic oxidation sites excluding steroid dienone is 1. The summed E-state index contributed by atoms with van der Waals surface area (Å²) in [6, 6.07) is 16.0. The lowest BCUT2D eigenvalue weighted by Gasteiger charge is -2.09. The minimum atomic E-state index is 0.541. The maximum atomic E-state index is 9.64. The first kappa shape index (κ1) is 17.7. The molecule has 0 aliphatic carbocycles. The minimum absolute atomic E-state index is 0.541. The number of benzene rings is 2. The molecular weight excluding hydrogens is 396 g/mol. The third kappa shape index (κ3) is 4.28. The lowest BCUT2D eigenvalue weighted by Crippen LogP contribution is -1.98. The van der Waals surface area contributed by atoms with E-state index in [2.05, 4.69) is 33.9 Å². The number of halogens is 1. The largest absolute Gasteiger partial charge is 0.493 e. The molecule has 0 radical (unpaired) electrons. The number of nitriles is 1. The van der Waals surface area contributed by atoms with E-state index in [1.807, 2.05) is 48.5 Å². The smallest absolute Gasteiger partial charge is 0.135 e. The average Bonchev–Trinajstić information content (AvgIpc) is 3.05. The van der Waals surface area contributed by atoms with Gasteiger partial charge in [-0.1, -0.05) is 41.4 Å². The second-order valence-electron chi connectivity index (χ2n) is 5.54. The molecule has 0 aliphatic rings. The van der Waals surface area contributed by atoms with Crippen LogP contribution in [0.25, 0.3) is 21.9 Å². The molecule has 3 aromatic rings. The van der Waals surface area contributed by atoms with Gasteiger partial charge in [0.25, 0.3) is 0 Å². The standard InChI is InChI=1S/C20H17BrN2OS/c1-2-3-10-24-18-9-8-16(21)12-14(18)11-15(13-22)20-23-17-6-4-5-7-19(17)25-20/h4-9,11-12H,2-3,10H2,1H3/b15-11+. The third-order valence-electron chi connectivity index (χ3n) is 3.67. The summed E-state index contributed by atoms with van der Waals surface area (Å²) in [5.41, 5.74) is 2.33. The third-order valence-corrected chi connectivity index (χ3v) is 5.23. The number of nitrogens with zero attached hydrogens (tertiary/aromatic N) is 2. The molecule has 25 heavy (non-hydrogen) atoms. The molecule has 1 aromatic heterocycles. The van der Waals surface area contributed by atoms with Crippen LogP contribution in [0.1, 0.15) is 30.3 Å². The van der Waals surface area contributed by atoms with Gasteiger partial charge in [0.05, 0.1) is 22.4 Å². The number of aromatic nitrogens is 1. The lowest BCUT2D eigenvalue weighted by molar-refractivity contribution is 0.309. The van der Waals surface area contributed by atoms with Crippen molar-refractivity contribution in [2.45, 2.75) is 19.8 Å². The molecule has 0 fully saturated rings. The lowest BCUT2D eigenvalue weighted by atomic mass is 10.1. The summed E-state index contributed by atoms with van der Waals surface area (Å²) in [5.74, 6) is 0.783. The molecule has 0 unspecified atom stereocenters. The van der Waals surface area contributed by atoms with Gasteiger partial charge in [-0.2, -0.15) is 5.26 Å². The fourth-order valence-corrected chi connectivity index (χ4v) is 3.69. The van der Waals surface area contributed by atoms with E-state index < -0.39 is 0 Å². The summed E-state index contributed by atoms with van der Waals surface area (Å²) in [5, 5.41) is 10.4. The van der Waals surface area contributed by atoms with Crippen molar-refractivity contribution in [1.29, 1.82) is 5.26 Å². The van der Waals surface area contributed by atoms with Crippen LogP contribution < -0.4 is 4.74 Å². The molecule has 0 N–H and O–H groups in total. The number of fused-ring (bicyclic) bond motifs is 1. The molecule has 0 spiro atoms. The van der Waals surface area contributed by atoms with Crippen molar-refractivity contribution in [2.75, 3.05) is 6.61 Å². The summed E-state index contributed by atoms with van der Waals surface area (Å²) >= 11 is 5.02. The van der Waals surface area contributed by atoms with E-state index >= 15 is 0 Å². The highest BCUT2D eigenvalue weighted by Crippen LogP contribution is 2.31. The van der Waals surface area contributed by atoms with E-state index in [4.69, 9.17) is 4.74 Å². The Labute approximate surface area is 159 Å². The fraction of sp³-hybridized carbons (Fsp3) is 0.200. The van der Waals surface area contributed by atoms with Crippen molar-refractivity contribution in [2.24, 2.45) is 0 Å². The van der Waals surface area contributed by atoms with Gasteiger partial charge in [-0.05, 0) is 42.8 Å². The maximum Gasteiger partial charge on any atom is 0.135 e. The van der Waals surface area contributed by atoms with Gasteiger partial charge in [0.1, 0.15) is 16.8 Å². The molecule has 0 amide bonds. The van der Waals surface area contributed by atoms with Crippen LogP contribution in [0, 0.1) is 11.3 Å². The summed E-state index contributed by atoms with van der Waals surface area (Å²) in [6.45, 7) is 2.80. The second-order valence-corrected chi connectivity index (χ2v) is 7.49. The van der Waals surface area contributed by atoms with E-state index in [9.17, 15) is 5.26 Å². The number of para-hydroxylation sites is 1. The number of unbranched alkanes of at least 4 members (excludes halogenated alkanes) is 1. The number of thiazole rings is 1. The van der Waals surface area contributed by atoms with Gasteiger partial charge in [0.15, 0.2) is 0 Å². The van der Waals surface area contributed by atoms with E-state index in [-0.39, 0.29) is 0 Å². The Balaban J connectivity index is 1.99. The molecule has 126 valence electrons. The molecule has 0 saturated heterocycles. The van der Waals surface area contributed by atoms with Crippen LogP contribution in [-0.2, 0) is 0 Å². The Kier molecular flexibility index (Phi) is 5.85. The first-order valence-corrected chi connectivity index (χ1v) is 9.72. The average molecular weight is 413 g/mol. The first-order valence-electron chi connectivity index (χ1n) is 8.11. The summed E-state index contributed by atoms with van der Waals surface area (Å²) in [4.78, 5) is 4.58. The van der Waals surface area contributed by atoms with Crippen molar-refractivity contribution >= 4 is 49.1 Å². The highest BCUT2D eigenvalue weighted by atomic mass is 79.9. The topological polar surface area (TPSA) is 45.9 Å². The number of rotatable bonds is 6. The first-order chi connectivity index (χ1) is 12.2. The summed E-state index contributed by atoms with van der Waals surface area (Å²) in [7, 11) is 0. The minimum Gasteiger partial charge on any atom is -0.493 e. The van der Waals surface area contributed by atoms with Crippen LogP contribution >= 0.6 is 27.3 Å². The molecule has 1 heterocycles. The monoisotopic (exact) mass is 412 g/mol. The zero-order valence-electron chi connectivity index (χ0n) is 13.8. The van der Waals surface area contributed by atoms with Crippen molar-refractivity contribution in [3.05, 3.63) is 57.5 Å². The van der Waals surface area contributed by atoms with Gasteiger partial charge in [-0.15, -0.1) is 11.3 Å². The van der Waals surface area contributed by atoms with Gasteiger partial charge in [0, 0.05) is 10.0 Å². The normalized spacial score (nSPS) is 11.5. The molecule has 3 rings (SSSR count). The fourth-order valence-electron chi connectivity index (χ4n) is 2.37. The highest BCUT2D eigenvalue weighted by Gasteiger charge is 2.11. The van der Waals surface area contributed by atoms with E-state index in [1.165, 1.54) is 11.3 Å². The van der Waals surface area contributed by atoms with Crippen LogP contribution in [0.15, 0.2) is 46.9 Å². The highest BCUT2D eigenvalue weighted by molar-refractivity contribution is 9.10. The molecule has 0 saturated carbocycles. The van der Waals surface area contributed by atoms with Crippen LogP contribution in [0.2, 0.25) is 0 Å². The van der Waals surface area contributed by atoms with Gasteiger partial charge in [-0.3, -0.25) is 0 Å². The van der Waals surface area contributed by atoms with Crippen molar-refractivity contribution < 1.29 is 4.74 Å². The molecule has 3 nitrogen and oxygen atoms in total. The molecular formula is C20H17BrN2OS. The predicted octanol–water partition coefficient (Wildman–Crippen LogP) is 6.30. The number of ether oxygens (including phenoxy) is 1. The molecule has 0 aliphatic heterocycles. The molecule has 0 atom stereocenters. The van der Waals surface area contributed by atoms with Crippen molar-refractivity contribution in [3.63, 3.8) is 0 Å². The molecule has 2 aromatic carbocycles. The van der Waals surface area contributed by atoms with Crippen molar-refractivity contribution in [3.8, 4) is 11.8 Å². The molecule has 0 bridgehead atoms. The summed E-state index contributed by atoms with van der Waals surface area (Å²) in [6.07, 6.45) is 3.93. The Hall–Kier alpha value is -2.16. The number of hydrogen-bond acceptors (Lipinski definition) is 4. The van der Waals surface area contributed by atoms with E-state index in [0.29, 0.717) is 12.2 Å². The van der Waals surface area contributed by atoms with Crippen LogP contribution in [0.3, 0.4) is 0 Å². The Bertz CT molecular complexity index is 923. The van der Waals surface area contributed by atoms with Crippen LogP contribution in [0.4, 0.5) is 0 Å². The zero-order valence-corrected chi connectivity index (χ0v) is 16.2. The van der Waals surface area contributed by atoms with Gasteiger partial charge in [0.2, 0.25) is 0 Å². The van der Waals surface area contributed by atoms with E-state index in [1.54, 1.807) is 0 Å². The zero-order chi connectivity index (χ0) is 17.6. The van der Waals surface area contributed by atoms with Gasteiger partial charge < -0.3 is 4.74 Å². The number of hydrogen-bond donors (Lipinski definition) is 0. The van der Waals surface area contributed by atoms with Gasteiger partial charge in [-0.25, -0.2) is 4.98 Å². The van der Waals surface area contributed by atoms with Crippen molar-refractivity contribution in [1.82, 2.24) is 4.98 Å². The van der Waals surface area contributed by atoms with E-state index in [0.717, 1.165) is 43.9 Å². The van der Waals surface area contributed by atoms with Crippen LogP contribution in [-0.4, -0.2) is 11.6 Å². The quantitative estimate of drug-likeness (QED) is 0.352. The predicted molar refractivity (Wildman–Crippen MR) is 108 cm³/mol.